The van der Waals surface area contributed by atoms with E-state index in [-0.39, 0.29) is 17.0 Å². The van der Waals surface area contributed by atoms with E-state index in [1.54, 1.807) is 54.6 Å². The predicted molar refractivity (Wildman–Crippen MR) is 139 cm³/mol. The number of anilines is 1. The topological polar surface area (TPSA) is 117 Å². The summed E-state index contributed by atoms with van der Waals surface area (Å²) in [6.07, 6.45) is 1.56. The number of hydrogen-bond acceptors (Lipinski definition) is 7. The number of amides is 3. The second kappa shape index (κ2) is 11.4. The molecule has 1 heterocycles. The fourth-order valence-electron chi connectivity index (χ4n) is 3.49. The SMILES string of the molecule is Cc1ccc(NC(=O)COC(=O)c2ccc(/C=C3\SC(=O)N(Cc4ccccc4C#N)C3=O)cc2)cc1. The smallest absolute Gasteiger partial charge is 0.338 e. The van der Waals surface area contributed by atoms with Crippen molar-refractivity contribution in [2.24, 2.45) is 0 Å². The minimum Gasteiger partial charge on any atom is -0.452 e. The highest BCUT2D eigenvalue weighted by Crippen LogP contribution is 2.33. The van der Waals surface area contributed by atoms with E-state index in [0.29, 0.717) is 22.4 Å². The lowest BCUT2D eigenvalue weighted by Gasteiger charge is -2.13. The molecule has 4 rings (SSSR count). The molecular weight excluding hydrogens is 490 g/mol. The number of nitriles is 1. The van der Waals surface area contributed by atoms with Crippen molar-refractivity contribution in [3.05, 3.63) is 106 Å². The third kappa shape index (κ3) is 6.31. The Labute approximate surface area is 217 Å². The molecule has 0 saturated carbocycles. The number of nitrogens with zero attached hydrogens (tertiary/aromatic N) is 2. The Kier molecular flexibility index (Phi) is 7.81. The standard InChI is InChI=1S/C28H21N3O5S/c1-18-6-12-23(13-7-18)30-25(32)17-36-27(34)20-10-8-19(9-11-20)14-24-26(33)31(28(35)37-24)16-22-5-3-2-4-21(22)15-29/h2-14H,16-17H2,1H3,(H,30,32)/b24-14-. The van der Waals surface area contributed by atoms with Crippen molar-refractivity contribution in [2.75, 3.05) is 11.9 Å². The molecule has 0 spiro atoms. The van der Waals surface area contributed by atoms with E-state index in [0.717, 1.165) is 22.2 Å². The number of imide groups is 1. The van der Waals surface area contributed by atoms with Gasteiger partial charge in [-0.2, -0.15) is 5.26 Å². The lowest BCUT2D eigenvalue weighted by molar-refractivity contribution is -0.123. The molecule has 1 fully saturated rings. The number of esters is 1. The molecule has 0 bridgehead atoms. The Hall–Kier alpha value is -4.68. The van der Waals surface area contributed by atoms with Gasteiger partial charge in [-0.15, -0.1) is 0 Å². The summed E-state index contributed by atoms with van der Waals surface area (Å²) in [5, 5.41) is 11.5. The second-order valence-corrected chi connectivity index (χ2v) is 9.14. The number of carbonyl (C=O) groups excluding carboxylic acids is 4. The summed E-state index contributed by atoms with van der Waals surface area (Å²) >= 11 is 0.812. The van der Waals surface area contributed by atoms with E-state index >= 15 is 0 Å². The van der Waals surface area contributed by atoms with Gasteiger partial charge in [0.25, 0.3) is 17.1 Å². The van der Waals surface area contributed by atoms with Gasteiger partial charge < -0.3 is 10.1 Å². The van der Waals surface area contributed by atoms with Gasteiger partial charge in [-0.1, -0.05) is 48.0 Å². The van der Waals surface area contributed by atoms with Gasteiger partial charge in [-0.05, 0) is 66.2 Å². The maximum Gasteiger partial charge on any atom is 0.338 e. The fourth-order valence-corrected chi connectivity index (χ4v) is 4.33. The Bertz CT molecular complexity index is 1440. The van der Waals surface area contributed by atoms with Gasteiger partial charge in [0.15, 0.2) is 6.61 Å². The van der Waals surface area contributed by atoms with E-state index < -0.39 is 29.6 Å². The molecule has 1 aliphatic heterocycles. The summed E-state index contributed by atoms with van der Waals surface area (Å²) in [5.74, 6) is -1.57. The molecule has 8 nitrogen and oxygen atoms in total. The van der Waals surface area contributed by atoms with Gasteiger partial charge in [0.2, 0.25) is 0 Å². The molecule has 0 aromatic heterocycles. The summed E-state index contributed by atoms with van der Waals surface area (Å²) in [6, 6.07) is 22.3. The zero-order chi connectivity index (χ0) is 26.4. The Morgan fingerprint density at radius 1 is 1.03 bits per heavy atom. The highest BCUT2D eigenvalue weighted by molar-refractivity contribution is 8.18. The predicted octanol–water partition coefficient (Wildman–Crippen LogP) is 4.90. The molecule has 0 aliphatic carbocycles. The van der Waals surface area contributed by atoms with Crippen LogP contribution in [0.4, 0.5) is 10.5 Å². The zero-order valence-electron chi connectivity index (χ0n) is 19.8. The van der Waals surface area contributed by atoms with Crippen LogP contribution in [0.5, 0.6) is 0 Å². The second-order valence-electron chi connectivity index (χ2n) is 8.15. The van der Waals surface area contributed by atoms with Crippen LogP contribution in [-0.4, -0.2) is 34.5 Å². The van der Waals surface area contributed by atoms with Gasteiger partial charge in [0.1, 0.15) is 0 Å². The van der Waals surface area contributed by atoms with Crippen molar-refractivity contribution >= 4 is 46.5 Å². The van der Waals surface area contributed by atoms with Crippen molar-refractivity contribution in [3.63, 3.8) is 0 Å². The van der Waals surface area contributed by atoms with Crippen LogP contribution in [0.25, 0.3) is 6.08 Å². The maximum atomic E-state index is 12.8. The van der Waals surface area contributed by atoms with Gasteiger partial charge in [-0.3, -0.25) is 19.3 Å². The minimum atomic E-state index is -0.665. The third-order valence-corrected chi connectivity index (χ3v) is 6.36. The van der Waals surface area contributed by atoms with E-state index in [4.69, 9.17) is 4.74 Å². The average Bonchev–Trinajstić information content (AvgIpc) is 3.16. The molecular formula is C28H21N3O5S. The average molecular weight is 512 g/mol. The van der Waals surface area contributed by atoms with Crippen LogP contribution < -0.4 is 5.32 Å². The lowest BCUT2D eigenvalue weighted by Crippen LogP contribution is -2.27. The molecule has 0 unspecified atom stereocenters. The van der Waals surface area contributed by atoms with Crippen molar-refractivity contribution in [3.8, 4) is 6.07 Å². The molecule has 9 heteroatoms. The normalized spacial score (nSPS) is 13.9. The van der Waals surface area contributed by atoms with Crippen LogP contribution in [0.3, 0.4) is 0 Å². The molecule has 37 heavy (non-hydrogen) atoms. The number of benzene rings is 3. The lowest BCUT2D eigenvalue weighted by atomic mass is 10.1. The van der Waals surface area contributed by atoms with Gasteiger partial charge in [-0.25, -0.2) is 4.79 Å². The van der Waals surface area contributed by atoms with Gasteiger partial charge >= 0.3 is 5.97 Å². The van der Waals surface area contributed by atoms with Crippen LogP contribution in [-0.2, 0) is 20.9 Å². The first-order chi connectivity index (χ1) is 17.8. The van der Waals surface area contributed by atoms with E-state index in [1.165, 1.54) is 12.1 Å². The van der Waals surface area contributed by atoms with Crippen molar-refractivity contribution in [1.82, 2.24) is 4.90 Å². The largest absolute Gasteiger partial charge is 0.452 e. The van der Waals surface area contributed by atoms with Gasteiger partial charge in [0.05, 0.1) is 28.6 Å². The molecule has 3 aromatic rings. The molecule has 1 saturated heterocycles. The summed E-state index contributed by atoms with van der Waals surface area (Å²) in [4.78, 5) is 50.9. The van der Waals surface area contributed by atoms with Crippen LogP contribution in [0.15, 0.2) is 77.7 Å². The Balaban J connectivity index is 1.35. The molecule has 0 atom stereocenters. The number of rotatable bonds is 7. The first-order valence-electron chi connectivity index (χ1n) is 11.2. The first kappa shape index (κ1) is 25.4. The van der Waals surface area contributed by atoms with Crippen molar-refractivity contribution in [2.45, 2.75) is 13.5 Å². The van der Waals surface area contributed by atoms with Crippen LogP contribution >= 0.6 is 11.8 Å². The zero-order valence-corrected chi connectivity index (χ0v) is 20.6. The highest BCUT2D eigenvalue weighted by atomic mass is 32.2. The number of aryl methyl sites for hydroxylation is 1. The monoisotopic (exact) mass is 511 g/mol. The van der Waals surface area contributed by atoms with Crippen molar-refractivity contribution < 1.29 is 23.9 Å². The summed E-state index contributed by atoms with van der Waals surface area (Å²) in [6.45, 7) is 1.51. The molecule has 0 radical (unpaired) electrons. The molecule has 184 valence electrons. The summed E-state index contributed by atoms with van der Waals surface area (Å²) < 4.78 is 5.08. The molecule has 3 amide bonds. The number of nitrogens with one attached hydrogen (secondary N) is 1. The van der Waals surface area contributed by atoms with Crippen LogP contribution in [0.1, 0.15) is 32.6 Å². The van der Waals surface area contributed by atoms with E-state index in [9.17, 15) is 24.4 Å². The summed E-state index contributed by atoms with van der Waals surface area (Å²) in [5.41, 5.74) is 3.50. The Morgan fingerprint density at radius 3 is 2.43 bits per heavy atom. The van der Waals surface area contributed by atoms with Gasteiger partial charge in [0, 0.05) is 5.69 Å². The van der Waals surface area contributed by atoms with Crippen LogP contribution in [0.2, 0.25) is 0 Å². The fraction of sp³-hybridized carbons (Fsp3) is 0.107. The number of ether oxygens (including phenoxy) is 1. The number of thioether (sulfide) groups is 1. The minimum absolute atomic E-state index is 0.00795. The van der Waals surface area contributed by atoms with E-state index in [1.807, 2.05) is 19.1 Å². The number of hydrogen-bond donors (Lipinski definition) is 1. The Morgan fingerprint density at radius 2 is 1.73 bits per heavy atom. The third-order valence-electron chi connectivity index (χ3n) is 5.45. The van der Waals surface area contributed by atoms with E-state index in [2.05, 4.69) is 11.4 Å². The quantitative estimate of drug-likeness (QED) is 0.354. The number of carbonyl (C=O) groups is 4. The summed E-state index contributed by atoms with van der Waals surface area (Å²) in [7, 11) is 0. The first-order valence-corrected chi connectivity index (χ1v) is 12.0. The van der Waals surface area contributed by atoms with Crippen molar-refractivity contribution in [1.29, 1.82) is 5.26 Å². The molecule has 3 aromatic carbocycles. The van der Waals surface area contributed by atoms with Crippen LogP contribution in [0, 0.1) is 18.3 Å². The molecule has 1 aliphatic rings. The maximum absolute atomic E-state index is 12.8. The highest BCUT2D eigenvalue weighted by Gasteiger charge is 2.35. The molecule has 1 N–H and O–H groups in total.